The lowest BCUT2D eigenvalue weighted by atomic mass is 9.94. The van der Waals surface area contributed by atoms with Crippen LogP contribution in [-0.2, 0) is 11.3 Å². The van der Waals surface area contributed by atoms with Crippen LogP contribution >= 0.6 is 11.3 Å². The molecule has 1 aromatic heterocycles. The number of hydrogen-bond donors (Lipinski definition) is 1. The van der Waals surface area contributed by atoms with Gasteiger partial charge in [-0.05, 0) is 47.1 Å². The van der Waals surface area contributed by atoms with Crippen molar-refractivity contribution in [1.82, 2.24) is 4.90 Å². The van der Waals surface area contributed by atoms with Crippen LogP contribution in [0.25, 0.3) is 10.1 Å². The van der Waals surface area contributed by atoms with Crippen molar-refractivity contribution in [2.24, 2.45) is 11.8 Å². The van der Waals surface area contributed by atoms with Crippen molar-refractivity contribution in [2.45, 2.75) is 31.8 Å². The standard InChI is InChI=1S/C17H19NO2S/c19-17(20)16-14-6-3-4-11(14)8-18(16)9-12-10-21-15-7-2-1-5-13(12)15/h1-2,5,7,10-11,14,16H,3-4,6,8-9H2,(H,19,20). The fraction of sp³-hybridized carbons (Fsp3) is 0.471. The van der Waals surface area contributed by atoms with Gasteiger partial charge < -0.3 is 5.11 Å². The SMILES string of the molecule is O=C(O)C1C2CCCC2CN1Cc1csc2ccccc12. The van der Waals surface area contributed by atoms with Gasteiger partial charge in [-0.2, -0.15) is 0 Å². The first kappa shape index (κ1) is 13.3. The van der Waals surface area contributed by atoms with Crippen molar-refractivity contribution < 1.29 is 9.90 Å². The second-order valence-corrected chi connectivity index (χ2v) is 7.24. The van der Waals surface area contributed by atoms with Crippen LogP contribution in [0.5, 0.6) is 0 Å². The van der Waals surface area contributed by atoms with Crippen LogP contribution in [0.3, 0.4) is 0 Å². The lowest BCUT2D eigenvalue weighted by molar-refractivity contribution is -0.143. The Hall–Kier alpha value is -1.39. The van der Waals surface area contributed by atoms with Gasteiger partial charge in [-0.25, -0.2) is 0 Å². The molecule has 110 valence electrons. The number of carboxylic acids is 1. The van der Waals surface area contributed by atoms with Crippen LogP contribution in [0.4, 0.5) is 0 Å². The molecule has 2 fully saturated rings. The summed E-state index contributed by atoms with van der Waals surface area (Å²) in [7, 11) is 0. The van der Waals surface area contributed by atoms with Crippen molar-refractivity contribution in [3.05, 3.63) is 35.2 Å². The minimum Gasteiger partial charge on any atom is -0.480 e. The molecule has 3 unspecified atom stereocenters. The van der Waals surface area contributed by atoms with E-state index in [1.54, 1.807) is 11.3 Å². The zero-order valence-electron chi connectivity index (χ0n) is 11.9. The maximum atomic E-state index is 11.7. The third-order valence-corrected chi connectivity index (χ3v) is 6.19. The molecule has 2 heterocycles. The summed E-state index contributed by atoms with van der Waals surface area (Å²) in [6, 6.07) is 8.12. The molecule has 1 N–H and O–H groups in total. The Bertz CT molecular complexity index is 680. The Morgan fingerprint density at radius 3 is 3.05 bits per heavy atom. The lowest BCUT2D eigenvalue weighted by Crippen LogP contribution is -2.39. The number of rotatable bonds is 3. The molecule has 0 bridgehead atoms. The molecule has 1 aromatic carbocycles. The second-order valence-electron chi connectivity index (χ2n) is 6.32. The summed E-state index contributed by atoms with van der Waals surface area (Å²) in [5.41, 5.74) is 1.28. The molecule has 0 radical (unpaired) electrons. The quantitative estimate of drug-likeness (QED) is 0.942. The molecule has 21 heavy (non-hydrogen) atoms. The van der Waals surface area contributed by atoms with Gasteiger partial charge in [-0.3, -0.25) is 9.69 Å². The van der Waals surface area contributed by atoms with E-state index in [4.69, 9.17) is 0 Å². The highest BCUT2D eigenvalue weighted by molar-refractivity contribution is 7.17. The first-order valence-corrected chi connectivity index (χ1v) is 8.54. The average Bonchev–Trinajstić information content (AvgIpc) is 3.13. The van der Waals surface area contributed by atoms with E-state index in [2.05, 4.69) is 34.5 Å². The Morgan fingerprint density at radius 2 is 2.19 bits per heavy atom. The molecule has 1 saturated heterocycles. The molecular formula is C17H19NO2S. The Morgan fingerprint density at radius 1 is 1.33 bits per heavy atom. The first-order valence-electron chi connectivity index (χ1n) is 7.66. The number of likely N-dealkylation sites (tertiary alicyclic amines) is 1. The number of fused-ring (bicyclic) bond motifs is 2. The van der Waals surface area contributed by atoms with Gasteiger partial charge in [0.25, 0.3) is 0 Å². The predicted octanol–water partition coefficient (Wildman–Crippen LogP) is 3.59. The number of benzene rings is 1. The van der Waals surface area contributed by atoms with Gasteiger partial charge in [0.15, 0.2) is 0 Å². The minimum atomic E-state index is -0.635. The van der Waals surface area contributed by atoms with Crippen molar-refractivity contribution >= 4 is 27.4 Å². The molecule has 3 nitrogen and oxygen atoms in total. The van der Waals surface area contributed by atoms with E-state index in [1.807, 2.05) is 0 Å². The summed E-state index contributed by atoms with van der Waals surface area (Å²) >= 11 is 1.75. The van der Waals surface area contributed by atoms with Crippen LogP contribution in [0.15, 0.2) is 29.6 Å². The van der Waals surface area contributed by atoms with Gasteiger partial charge in [-0.1, -0.05) is 24.6 Å². The number of thiophene rings is 1. The van der Waals surface area contributed by atoms with Crippen molar-refractivity contribution in [3.63, 3.8) is 0 Å². The lowest BCUT2D eigenvalue weighted by Gasteiger charge is -2.23. The molecule has 2 aliphatic rings. The number of nitrogens with zero attached hydrogens (tertiary/aromatic N) is 1. The van der Waals surface area contributed by atoms with Crippen molar-refractivity contribution in [1.29, 1.82) is 0 Å². The summed E-state index contributed by atoms with van der Waals surface area (Å²) in [4.78, 5) is 13.9. The smallest absolute Gasteiger partial charge is 0.321 e. The molecule has 4 heteroatoms. The molecular weight excluding hydrogens is 282 g/mol. The van der Waals surface area contributed by atoms with Gasteiger partial charge in [0.1, 0.15) is 6.04 Å². The molecule has 0 spiro atoms. The van der Waals surface area contributed by atoms with E-state index < -0.39 is 5.97 Å². The number of aliphatic carboxylic acids is 1. The van der Waals surface area contributed by atoms with E-state index in [0.717, 1.165) is 19.5 Å². The van der Waals surface area contributed by atoms with E-state index in [9.17, 15) is 9.90 Å². The van der Waals surface area contributed by atoms with E-state index >= 15 is 0 Å². The Labute approximate surface area is 128 Å². The molecule has 1 saturated carbocycles. The summed E-state index contributed by atoms with van der Waals surface area (Å²) in [5.74, 6) is 0.326. The third-order valence-electron chi connectivity index (χ3n) is 5.17. The molecule has 4 rings (SSSR count). The summed E-state index contributed by atoms with van der Waals surface area (Å²) in [5, 5.41) is 13.1. The summed E-state index contributed by atoms with van der Waals surface area (Å²) in [6.45, 7) is 1.72. The monoisotopic (exact) mass is 301 g/mol. The van der Waals surface area contributed by atoms with Crippen LogP contribution in [-0.4, -0.2) is 28.6 Å². The highest BCUT2D eigenvalue weighted by Crippen LogP contribution is 2.43. The Kier molecular flexibility index (Phi) is 3.23. The normalized spacial score (nSPS) is 29.0. The predicted molar refractivity (Wildman–Crippen MR) is 84.5 cm³/mol. The minimum absolute atomic E-state index is 0.281. The van der Waals surface area contributed by atoms with Gasteiger partial charge >= 0.3 is 5.97 Å². The highest BCUT2D eigenvalue weighted by Gasteiger charge is 2.47. The molecule has 1 aliphatic heterocycles. The highest BCUT2D eigenvalue weighted by atomic mass is 32.1. The zero-order valence-corrected chi connectivity index (χ0v) is 12.7. The largest absolute Gasteiger partial charge is 0.480 e. The van der Waals surface area contributed by atoms with Gasteiger partial charge in [-0.15, -0.1) is 11.3 Å². The molecule has 0 amide bonds. The molecule has 3 atom stereocenters. The van der Waals surface area contributed by atoms with Crippen LogP contribution < -0.4 is 0 Å². The number of hydrogen-bond acceptors (Lipinski definition) is 3. The number of carboxylic acid groups (broad SMARTS) is 1. The first-order chi connectivity index (χ1) is 10.2. The molecule has 2 aromatic rings. The second kappa shape index (κ2) is 5.11. The maximum Gasteiger partial charge on any atom is 0.321 e. The maximum absolute atomic E-state index is 11.7. The van der Waals surface area contributed by atoms with Gasteiger partial charge in [0.05, 0.1) is 0 Å². The fourth-order valence-corrected chi connectivity index (χ4v) is 5.22. The topological polar surface area (TPSA) is 40.5 Å². The van der Waals surface area contributed by atoms with E-state index in [0.29, 0.717) is 11.8 Å². The van der Waals surface area contributed by atoms with E-state index in [-0.39, 0.29) is 6.04 Å². The molecule has 1 aliphatic carbocycles. The third kappa shape index (κ3) is 2.17. The van der Waals surface area contributed by atoms with E-state index in [1.165, 1.54) is 28.5 Å². The van der Waals surface area contributed by atoms with Crippen LogP contribution in [0, 0.1) is 11.8 Å². The zero-order chi connectivity index (χ0) is 14.4. The summed E-state index contributed by atoms with van der Waals surface area (Å²) in [6.07, 6.45) is 3.49. The van der Waals surface area contributed by atoms with Crippen LogP contribution in [0.2, 0.25) is 0 Å². The number of carbonyl (C=O) groups is 1. The average molecular weight is 301 g/mol. The fourth-order valence-electron chi connectivity index (χ4n) is 4.27. The van der Waals surface area contributed by atoms with Crippen LogP contribution in [0.1, 0.15) is 24.8 Å². The van der Waals surface area contributed by atoms with Gasteiger partial charge in [0.2, 0.25) is 0 Å². The van der Waals surface area contributed by atoms with Gasteiger partial charge in [0, 0.05) is 17.8 Å². The summed E-state index contributed by atoms with van der Waals surface area (Å²) < 4.78 is 1.29. The van der Waals surface area contributed by atoms with Crippen molar-refractivity contribution in [3.8, 4) is 0 Å². The van der Waals surface area contributed by atoms with Crippen molar-refractivity contribution in [2.75, 3.05) is 6.54 Å². The Balaban J connectivity index is 1.63.